The van der Waals surface area contributed by atoms with Crippen molar-refractivity contribution in [3.8, 4) is 0 Å². The summed E-state index contributed by atoms with van der Waals surface area (Å²) in [7, 11) is 0.952. The van der Waals surface area contributed by atoms with Crippen LogP contribution in [0.4, 0.5) is 0 Å². The molecule has 0 aliphatic rings. The van der Waals surface area contributed by atoms with Crippen LogP contribution in [0.15, 0.2) is 23.3 Å². The molecule has 0 aliphatic carbocycles. The van der Waals surface area contributed by atoms with Gasteiger partial charge in [0.15, 0.2) is 0 Å². The van der Waals surface area contributed by atoms with Crippen molar-refractivity contribution in [3.05, 3.63) is 23.3 Å². The van der Waals surface area contributed by atoms with Crippen LogP contribution in [0.3, 0.4) is 0 Å². The zero-order chi connectivity index (χ0) is 12.1. The Morgan fingerprint density at radius 2 is 1.87 bits per heavy atom. The van der Waals surface area contributed by atoms with Crippen molar-refractivity contribution >= 4 is 8.58 Å². The van der Waals surface area contributed by atoms with Crippen LogP contribution in [0.5, 0.6) is 0 Å². The SMILES string of the molecule is CC/C=C\C(=C(/C)C(C)C)C(C)(C)PC. The lowest BCUT2D eigenvalue weighted by molar-refractivity contribution is 0.726. The molecule has 0 spiro atoms. The van der Waals surface area contributed by atoms with E-state index in [0.29, 0.717) is 11.1 Å². The molecule has 0 aromatic heterocycles. The van der Waals surface area contributed by atoms with Crippen molar-refractivity contribution in [1.29, 1.82) is 0 Å². The molecular formula is C14H27P. The van der Waals surface area contributed by atoms with Crippen LogP contribution in [0.25, 0.3) is 0 Å². The first kappa shape index (κ1) is 14.9. The van der Waals surface area contributed by atoms with E-state index in [1.807, 2.05) is 0 Å². The topological polar surface area (TPSA) is 0 Å². The molecule has 0 nitrogen and oxygen atoms in total. The Hall–Kier alpha value is -0.0900. The molecule has 0 amide bonds. The van der Waals surface area contributed by atoms with E-state index >= 15 is 0 Å². The van der Waals surface area contributed by atoms with Crippen LogP contribution in [-0.2, 0) is 0 Å². The summed E-state index contributed by atoms with van der Waals surface area (Å²) in [5.74, 6) is 0.650. The highest BCUT2D eigenvalue weighted by atomic mass is 31.1. The molecule has 0 N–H and O–H groups in total. The largest absolute Gasteiger partial charge is 0.115 e. The maximum absolute atomic E-state index is 2.35. The molecule has 1 atom stereocenters. The molecule has 0 heterocycles. The smallest absolute Gasteiger partial charge is 0.00667 e. The molecule has 1 unspecified atom stereocenters. The molecule has 1 heteroatoms. The molecule has 0 saturated heterocycles. The maximum atomic E-state index is 2.35. The molecule has 0 radical (unpaired) electrons. The number of hydrogen-bond donors (Lipinski definition) is 0. The van der Waals surface area contributed by atoms with E-state index in [0.717, 1.165) is 15.0 Å². The van der Waals surface area contributed by atoms with Crippen molar-refractivity contribution in [2.75, 3.05) is 6.66 Å². The summed E-state index contributed by atoms with van der Waals surface area (Å²) in [6, 6.07) is 0. The van der Waals surface area contributed by atoms with Gasteiger partial charge in [-0.05, 0) is 31.5 Å². The second-order valence-corrected chi connectivity index (χ2v) is 6.69. The van der Waals surface area contributed by atoms with Crippen molar-refractivity contribution in [3.63, 3.8) is 0 Å². The molecule has 0 rings (SSSR count). The Morgan fingerprint density at radius 1 is 1.33 bits per heavy atom. The van der Waals surface area contributed by atoms with Gasteiger partial charge in [-0.2, -0.15) is 0 Å². The van der Waals surface area contributed by atoms with E-state index < -0.39 is 0 Å². The van der Waals surface area contributed by atoms with Gasteiger partial charge in [-0.3, -0.25) is 0 Å². The van der Waals surface area contributed by atoms with Crippen molar-refractivity contribution < 1.29 is 0 Å². The molecule has 0 aromatic carbocycles. The van der Waals surface area contributed by atoms with Gasteiger partial charge in [-0.25, -0.2) is 0 Å². The lowest BCUT2D eigenvalue weighted by atomic mass is 9.90. The summed E-state index contributed by atoms with van der Waals surface area (Å²) in [5.41, 5.74) is 3.08. The third-order valence-electron chi connectivity index (χ3n) is 3.11. The van der Waals surface area contributed by atoms with Crippen molar-refractivity contribution in [1.82, 2.24) is 0 Å². The first-order chi connectivity index (χ1) is 6.86. The Balaban J connectivity index is 5.23. The van der Waals surface area contributed by atoms with Gasteiger partial charge < -0.3 is 0 Å². The Bertz CT molecular complexity index is 244. The van der Waals surface area contributed by atoms with Crippen LogP contribution in [-0.4, -0.2) is 11.8 Å². The second-order valence-electron chi connectivity index (χ2n) is 4.94. The van der Waals surface area contributed by atoms with Gasteiger partial charge in [0.1, 0.15) is 0 Å². The van der Waals surface area contributed by atoms with Gasteiger partial charge in [0.25, 0.3) is 0 Å². The molecule has 0 aliphatic heterocycles. The fourth-order valence-corrected chi connectivity index (χ4v) is 2.06. The van der Waals surface area contributed by atoms with Gasteiger partial charge in [-0.15, -0.1) is 8.58 Å². The Kier molecular flexibility index (Phi) is 6.44. The normalized spacial score (nSPS) is 15.7. The third-order valence-corrected chi connectivity index (χ3v) is 4.63. The molecule has 88 valence electrons. The highest BCUT2D eigenvalue weighted by molar-refractivity contribution is 7.39. The minimum atomic E-state index is 0.333. The first-order valence-corrected chi connectivity index (χ1v) is 7.43. The van der Waals surface area contributed by atoms with E-state index in [2.05, 4.69) is 60.4 Å². The monoisotopic (exact) mass is 226 g/mol. The standard InChI is InChI=1S/C14H27P/c1-8-9-10-13(12(4)11(2)3)14(5,6)15-7/h9-11,15H,8H2,1-7H3/b10-9-,13-12-. The van der Waals surface area contributed by atoms with Crippen LogP contribution in [0.2, 0.25) is 0 Å². The summed E-state index contributed by atoms with van der Waals surface area (Å²) >= 11 is 0. The quantitative estimate of drug-likeness (QED) is 0.456. The number of allylic oxidation sites excluding steroid dienone is 4. The van der Waals surface area contributed by atoms with Crippen molar-refractivity contribution in [2.24, 2.45) is 5.92 Å². The van der Waals surface area contributed by atoms with Gasteiger partial charge in [0, 0.05) is 5.16 Å². The van der Waals surface area contributed by atoms with E-state index in [9.17, 15) is 0 Å². The fourth-order valence-electron chi connectivity index (χ4n) is 1.51. The van der Waals surface area contributed by atoms with Gasteiger partial charge in [0.2, 0.25) is 0 Å². The third kappa shape index (κ3) is 4.51. The van der Waals surface area contributed by atoms with Gasteiger partial charge >= 0.3 is 0 Å². The second kappa shape index (κ2) is 6.48. The van der Waals surface area contributed by atoms with E-state index in [-0.39, 0.29) is 0 Å². The lowest BCUT2D eigenvalue weighted by Gasteiger charge is -2.28. The average Bonchev–Trinajstić information content (AvgIpc) is 2.17. The predicted octanol–water partition coefficient (Wildman–Crippen LogP) is 5.01. The maximum Gasteiger partial charge on any atom is 0.00667 e. The highest BCUT2D eigenvalue weighted by Crippen LogP contribution is 2.38. The van der Waals surface area contributed by atoms with Crippen LogP contribution >= 0.6 is 8.58 Å². The minimum Gasteiger partial charge on any atom is -0.115 e. The van der Waals surface area contributed by atoms with E-state index in [1.165, 1.54) is 0 Å². The summed E-state index contributed by atoms with van der Waals surface area (Å²) in [6.45, 7) is 16.0. The van der Waals surface area contributed by atoms with Gasteiger partial charge in [0.05, 0.1) is 0 Å². The molecular weight excluding hydrogens is 199 g/mol. The molecule has 0 saturated carbocycles. The molecule has 0 aromatic rings. The van der Waals surface area contributed by atoms with Gasteiger partial charge in [-0.1, -0.05) is 52.3 Å². The summed E-state index contributed by atoms with van der Waals surface area (Å²) in [6.07, 6.45) is 5.74. The summed E-state index contributed by atoms with van der Waals surface area (Å²) in [5, 5.41) is 0.333. The molecule has 15 heavy (non-hydrogen) atoms. The minimum absolute atomic E-state index is 0.333. The van der Waals surface area contributed by atoms with Crippen molar-refractivity contribution in [2.45, 2.75) is 53.1 Å². The van der Waals surface area contributed by atoms with Crippen LogP contribution in [0, 0.1) is 5.92 Å². The number of hydrogen-bond acceptors (Lipinski definition) is 0. The zero-order valence-corrected chi connectivity index (χ0v) is 12.4. The summed E-state index contributed by atoms with van der Waals surface area (Å²) < 4.78 is 0. The first-order valence-electron chi connectivity index (χ1n) is 5.93. The Morgan fingerprint density at radius 3 is 2.20 bits per heavy atom. The van der Waals surface area contributed by atoms with E-state index in [4.69, 9.17) is 0 Å². The molecule has 0 bridgehead atoms. The summed E-state index contributed by atoms with van der Waals surface area (Å²) in [4.78, 5) is 0. The Labute approximate surface area is 98.0 Å². The van der Waals surface area contributed by atoms with Crippen LogP contribution in [0.1, 0.15) is 48.0 Å². The van der Waals surface area contributed by atoms with E-state index in [1.54, 1.807) is 11.1 Å². The zero-order valence-electron chi connectivity index (χ0n) is 11.4. The highest BCUT2D eigenvalue weighted by Gasteiger charge is 2.21. The number of rotatable bonds is 5. The van der Waals surface area contributed by atoms with Crippen LogP contribution < -0.4 is 0 Å². The fraction of sp³-hybridized carbons (Fsp3) is 0.714. The lowest BCUT2D eigenvalue weighted by Crippen LogP contribution is -2.17. The average molecular weight is 226 g/mol. The predicted molar refractivity (Wildman–Crippen MR) is 75.3 cm³/mol. The molecule has 0 fully saturated rings.